The Kier molecular flexibility index (Phi) is 4.12. The van der Waals surface area contributed by atoms with Crippen molar-refractivity contribution in [3.8, 4) is 0 Å². The fraction of sp³-hybridized carbons (Fsp3) is 0.250. The van der Waals surface area contributed by atoms with Gasteiger partial charge in [0.15, 0.2) is 5.76 Å². The van der Waals surface area contributed by atoms with Crippen molar-refractivity contribution < 1.29 is 19.1 Å². The van der Waals surface area contributed by atoms with Crippen LogP contribution in [0.2, 0.25) is 0 Å². The van der Waals surface area contributed by atoms with Gasteiger partial charge in [0.25, 0.3) is 5.91 Å². The summed E-state index contributed by atoms with van der Waals surface area (Å²) in [5, 5.41) is 11.9. The lowest BCUT2D eigenvalue weighted by atomic mass is 10.1. The molecule has 0 fully saturated rings. The molecule has 0 atom stereocenters. The monoisotopic (exact) mass is 287 g/mol. The van der Waals surface area contributed by atoms with E-state index in [4.69, 9.17) is 9.52 Å². The van der Waals surface area contributed by atoms with Crippen LogP contribution < -0.4 is 5.32 Å². The van der Waals surface area contributed by atoms with Crippen molar-refractivity contribution in [2.24, 2.45) is 0 Å². The van der Waals surface area contributed by atoms with Gasteiger partial charge in [-0.15, -0.1) is 0 Å². The van der Waals surface area contributed by atoms with Gasteiger partial charge in [0.2, 0.25) is 0 Å². The lowest BCUT2D eigenvalue weighted by molar-refractivity contribution is 0.0694. The van der Waals surface area contributed by atoms with E-state index in [1.807, 2.05) is 32.0 Å². The molecule has 0 spiro atoms. The molecule has 0 aliphatic rings. The van der Waals surface area contributed by atoms with Crippen LogP contribution in [0, 0.1) is 13.8 Å². The van der Waals surface area contributed by atoms with Crippen molar-refractivity contribution in [2.75, 3.05) is 5.32 Å². The van der Waals surface area contributed by atoms with Crippen LogP contribution in [0.5, 0.6) is 0 Å². The minimum Gasteiger partial charge on any atom is -0.478 e. The summed E-state index contributed by atoms with van der Waals surface area (Å²) in [5.41, 5.74) is 2.62. The number of carboxylic acid groups (broad SMARTS) is 1. The molecule has 0 unspecified atom stereocenters. The van der Waals surface area contributed by atoms with Gasteiger partial charge in [0.1, 0.15) is 11.3 Å². The Hall–Kier alpha value is -2.56. The zero-order valence-electron chi connectivity index (χ0n) is 12.2. The molecule has 5 nitrogen and oxygen atoms in total. The lowest BCUT2D eigenvalue weighted by Gasteiger charge is -2.10. The van der Waals surface area contributed by atoms with Gasteiger partial charge < -0.3 is 14.8 Å². The van der Waals surface area contributed by atoms with E-state index in [0.717, 1.165) is 11.1 Å². The highest BCUT2D eigenvalue weighted by Crippen LogP contribution is 2.22. The molecule has 1 heterocycles. The van der Waals surface area contributed by atoms with Crippen molar-refractivity contribution >= 4 is 17.6 Å². The van der Waals surface area contributed by atoms with Crippen LogP contribution in [0.4, 0.5) is 5.69 Å². The van der Waals surface area contributed by atoms with Crippen molar-refractivity contribution in [1.82, 2.24) is 0 Å². The highest BCUT2D eigenvalue weighted by atomic mass is 16.4. The number of amides is 1. The van der Waals surface area contributed by atoms with Crippen LogP contribution >= 0.6 is 0 Å². The van der Waals surface area contributed by atoms with E-state index in [1.165, 1.54) is 6.07 Å². The number of rotatable bonds is 4. The smallest absolute Gasteiger partial charge is 0.339 e. The van der Waals surface area contributed by atoms with E-state index in [1.54, 1.807) is 6.92 Å². The average Bonchev–Trinajstić information content (AvgIpc) is 2.87. The third kappa shape index (κ3) is 2.97. The van der Waals surface area contributed by atoms with Gasteiger partial charge in [-0.05, 0) is 25.0 Å². The summed E-state index contributed by atoms with van der Waals surface area (Å²) < 4.78 is 5.35. The average molecular weight is 287 g/mol. The quantitative estimate of drug-likeness (QED) is 0.903. The molecule has 5 heteroatoms. The van der Waals surface area contributed by atoms with E-state index in [0.29, 0.717) is 17.9 Å². The fourth-order valence-electron chi connectivity index (χ4n) is 2.17. The third-order valence-corrected chi connectivity index (χ3v) is 3.30. The first-order chi connectivity index (χ1) is 9.93. The summed E-state index contributed by atoms with van der Waals surface area (Å²) in [7, 11) is 0. The van der Waals surface area contributed by atoms with Crippen LogP contribution in [0.1, 0.15) is 44.7 Å². The molecule has 1 aromatic heterocycles. The molecule has 0 aliphatic carbocycles. The van der Waals surface area contributed by atoms with Gasteiger partial charge in [-0.25, -0.2) is 4.79 Å². The maximum Gasteiger partial charge on any atom is 0.339 e. The van der Waals surface area contributed by atoms with Crippen molar-refractivity contribution in [1.29, 1.82) is 0 Å². The minimum atomic E-state index is -1.10. The summed E-state index contributed by atoms with van der Waals surface area (Å²) in [5.74, 6) is -1.24. The molecule has 0 saturated heterocycles. The lowest BCUT2D eigenvalue weighted by Crippen LogP contribution is -2.13. The number of carbonyl (C=O) groups excluding carboxylic acids is 1. The maximum atomic E-state index is 12.2. The number of benzene rings is 1. The number of hydrogen-bond acceptors (Lipinski definition) is 3. The Morgan fingerprint density at radius 3 is 2.33 bits per heavy atom. The summed E-state index contributed by atoms with van der Waals surface area (Å²) in [4.78, 5) is 23.3. The summed E-state index contributed by atoms with van der Waals surface area (Å²) >= 11 is 0. The molecule has 0 aliphatic heterocycles. The Morgan fingerprint density at radius 2 is 1.86 bits per heavy atom. The molecule has 2 rings (SSSR count). The van der Waals surface area contributed by atoms with Gasteiger partial charge in [-0.3, -0.25) is 4.79 Å². The van der Waals surface area contributed by atoms with Gasteiger partial charge in [0.05, 0.1) is 0 Å². The normalized spacial score (nSPS) is 10.4. The van der Waals surface area contributed by atoms with Crippen LogP contribution in [0.25, 0.3) is 0 Å². The second-order valence-corrected chi connectivity index (χ2v) is 4.83. The second-order valence-electron chi connectivity index (χ2n) is 4.83. The molecular weight excluding hydrogens is 270 g/mol. The van der Waals surface area contributed by atoms with Crippen LogP contribution in [-0.4, -0.2) is 17.0 Å². The first-order valence-corrected chi connectivity index (χ1v) is 6.67. The van der Waals surface area contributed by atoms with Crippen LogP contribution in [0.15, 0.2) is 28.7 Å². The zero-order chi connectivity index (χ0) is 15.6. The van der Waals surface area contributed by atoms with Gasteiger partial charge in [-0.1, -0.05) is 25.1 Å². The van der Waals surface area contributed by atoms with E-state index >= 15 is 0 Å². The maximum absolute atomic E-state index is 12.2. The topological polar surface area (TPSA) is 79.5 Å². The number of carbonyl (C=O) groups is 2. The van der Waals surface area contributed by atoms with Crippen LogP contribution in [-0.2, 0) is 6.42 Å². The molecule has 1 aromatic carbocycles. The number of aryl methyl sites for hydroxylation is 3. The second kappa shape index (κ2) is 5.83. The Labute approximate surface area is 122 Å². The molecule has 2 N–H and O–H groups in total. The number of para-hydroxylation sites is 1. The Morgan fingerprint density at radius 1 is 1.24 bits per heavy atom. The number of furan rings is 1. The van der Waals surface area contributed by atoms with Crippen LogP contribution in [0.3, 0.4) is 0 Å². The first-order valence-electron chi connectivity index (χ1n) is 6.67. The molecular formula is C16H17NO4. The fourth-order valence-corrected chi connectivity index (χ4v) is 2.17. The SMILES string of the molecule is CCc1oc(C(=O)Nc2c(C)cccc2C)cc1C(=O)O. The molecule has 1 amide bonds. The number of carboxylic acids is 1. The highest BCUT2D eigenvalue weighted by molar-refractivity contribution is 6.04. The predicted molar refractivity (Wildman–Crippen MR) is 78.9 cm³/mol. The van der Waals surface area contributed by atoms with Crippen molar-refractivity contribution in [2.45, 2.75) is 27.2 Å². The van der Waals surface area contributed by atoms with E-state index in [2.05, 4.69) is 5.32 Å². The minimum absolute atomic E-state index is 0.00639. The summed E-state index contributed by atoms with van der Waals surface area (Å²) in [6.07, 6.45) is 0.415. The number of nitrogens with one attached hydrogen (secondary N) is 1. The first kappa shape index (κ1) is 14.8. The number of anilines is 1. The van der Waals surface area contributed by atoms with E-state index in [9.17, 15) is 9.59 Å². The predicted octanol–water partition coefficient (Wildman–Crippen LogP) is 3.41. The molecule has 0 bridgehead atoms. The molecule has 0 radical (unpaired) electrons. The highest BCUT2D eigenvalue weighted by Gasteiger charge is 2.20. The zero-order valence-corrected chi connectivity index (χ0v) is 12.2. The molecule has 0 saturated carbocycles. The number of hydrogen-bond donors (Lipinski definition) is 2. The third-order valence-electron chi connectivity index (χ3n) is 3.30. The Bertz CT molecular complexity index is 680. The molecule has 110 valence electrons. The van der Waals surface area contributed by atoms with E-state index in [-0.39, 0.29) is 11.3 Å². The summed E-state index contributed by atoms with van der Waals surface area (Å²) in [6.45, 7) is 5.56. The summed E-state index contributed by atoms with van der Waals surface area (Å²) in [6, 6.07) is 6.96. The van der Waals surface area contributed by atoms with E-state index < -0.39 is 11.9 Å². The van der Waals surface area contributed by atoms with Crippen molar-refractivity contribution in [3.05, 3.63) is 52.5 Å². The van der Waals surface area contributed by atoms with Gasteiger partial charge in [0, 0.05) is 18.2 Å². The molecule has 2 aromatic rings. The number of aromatic carboxylic acids is 1. The van der Waals surface area contributed by atoms with Gasteiger partial charge >= 0.3 is 5.97 Å². The standard InChI is InChI=1S/C16H17NO4/c1-4-12-11(16(19)20)8-13(21-12)15(18)17-14-9(2)6-5-7-10(14)3/h5-8H,4H2,1-3H3,(H,17,18)(H,19,20). The Balaban J connectivity index is 2.31. The largest absolute Gasteiger partial charge is 0.478 e. The van der Waals surface area contributed by atoms with Crippen molar-refractivity contribution in [3.63, 3.8) is 0 Å². The van der Waals surface area contributed by atoms with Gasteiger partial charge in [-0.2, -0.15) is 0 Å². The molecule has 21 heavy (non-hydrogen) atoms.